The smallest absolute Gasteiger partial charge is 0.270 e. The predicted molar refractivity (Wildman–Crippen MR) is 135 cm³/mol. The summed E-state index contributed by atoms with van der Waals surface area (Å²) in [6, 6.07) is 21.7. The maximum Gasteiger partial charge on any atom is 0.270 e. The summed E-state index contributed by atoms with van der Waals surface area (Å²) in [4.78, 5) is 15.2. The maximum atomic E-state index is 14.2. The van der Waals surface area contributed by atoms with Crippen molar-refractivity contribution in [3.63, 3.8) is 0 Å². The molecule has 0 aliphatic carbocycles. The SMILES string of the molecule is O=C1/C(=C/c2cn(Cc3ccccc3F)c3ccccc23)SC(=S)N1c1ccc(Cl)cc1. The Balaban J connectivity index is 1.53. The van der Waals surface area contributed by atoms with Crippen LogP contribution in [0.1, 0.15) is 11.1 Å². The van der Waals surface area contributed by atoms with Crippen molar-refractivity contribution < 1.29 is 9.18 Å². The van der Waals surface area contributed by atoms with Crippen molar-refractivity contribution in [2.75, 3.05) is 4.90 Å². The molecule has 0 saturated carbocycles. The lowest BCUT2D eigenvalue weighted by Crippen LogP contribution is -2.27. The van der Waals surface area contributed by atoms with Crippen molar-refractivity contribution >= 4 is 68.5 Å². The summed E-state index contributed by atoms with van der Waals surface area (Å²) in [5, 5.41) is 1.58. The third kappa shape index (κ3) is 3.86. The van der Waals surface area contributed by atoms with Crippen LogP contribution in [-0.4, -0.2) is 14.8 Å². The Kier molecular flexibility index (Phi) is 5.59. The minimum atomic E-state index is -0.240. The molecule has 1 amide bonds. The molecule has 32 heavy (non-hydrogen) atoms. The van der Waals surface area contributed by atoms with E-state index in [0.29, 0.717) is 32.0 Å². The summed E-state index contributed by atoms with van der Waals surface area (Å²) in [5.74, 6) is -0.413. The highest BCUT2D eigenvalue weighted by atomic mass is 35.5. The fourth-order valence-corrected chi connectivity index (χ4v) is 5.17. The first-order valence-electron chi connectivity index (χ1n) is 9.86. The zero-order valence-corrected chi connectivity index (χ0v) is 19.1. The average Bonchev–Trinajstić information content (AvgIpc) is 3.27. The Hall–Kier alpha value is -2.93. The number of hydrogen-bond donors (Lipinski definition) is 0. The van der Waals surface area contributed by atoms with Crippen LogP contribution in [0.3, 0.4) is 0 Å². The number of anilines is 1. The second kappa shape index (κ2) is 8.54. The molecule has 0 radical (unpaired) electrons. The molecule has 3 nitrogen and oxygen atoms in total. The molecule has 3 aromatic carbocycles. The van der Waals surface area contributed by atoms with Crippen molar-refractivity contribution in [3.8, 4) is 0 Å². The Morgan fingerprint density at radius 2 is 1.72 bits per heavy atom. The third-order valence-corrected chi connectivity index (χ3v) is 6.84. The van der Waals surface area contributed by atoms with Gasteiger partial charge >= 0.3 is 0 Å². The van der Waals surface area contributed by atoms with Crippen LogP contribution in [0.4, 0.5) is 10.1 Å². The topological polar surface area (TPSA) is 25.2 Å². The van der Waals surface area contributed by atoms with Gasteiger partial charge in [-0.25, -0.2) is 4.39 Å². The number of halogens is 2. The third-order valence-electron chi connectivity index (χ3n) is 5.28. The minimum Gasteiger partial charge on any atom is -0.342 e. The van der Waals surface area contributed by atoms with Gasteiger partial charge in [0, 0.05) is 33.2 Å². The first kappa shape index (κ1) is 20.9. The molecule has 7 heteroatoms. The summed E-state index contributed by atoms with van der Waals surface area (Å²) < 4.78 is 16.7. The number of amides is 1. The van der Waals surface area contributed by atoms with Crippen LogP contribution >= 0.6 is 35.6 Å². The normalized spacial score (nSPS) is 15.3. The molecule has 0 atom stereocenters. The van der Waals surface area contributed by atoms with Crippen molar-refractivity contribution in [3.05, 3.63) is 106 Å². The average molecular weight is 479 g/mol. The molecule has 1 aromatic heterocycles. The molecule has 1 aliphatic rings. The number of fused-ring (bicyclic) bond motifs is 1. The van der Waals surface area contributed by atoms with E-state index in [2.05, 4.69) is 0 Å². The van der Waals surface area contributed by atoms with E-state index in [1.807, 2.05) is 47.2 Å². The number of thiocarbonyl (C=S) groups is 1. The molecule has 5 rings (SSSR count). The molecule has 1 fully saturated rings. The minimum absolute atomic E-state index is 0.173. The first-order chi connectivity index (χ1) is 15.5. The number of benzene rings is 3. The summed E-state index contributed by atoms with van der Waals surface area (Å²) in [5.41, 5.74) is 3.14. The number of hydrogen-bond acceptors (Lipinski definition) is 3. The van der Waals surface area contributed by atoms with E-state index >= 15 is 0 Å². The Bertz CT molecular complexity index is 1390. The number of thioether (sulfide) groups is 1. The maximum absolute atomic E-state index is 14.2. The first-order valence-corrected chi connectivity index (χ1v) is 11.5. The van der Waals surface area contributed by atoms with Gasteiger partial charge in [-0.3, -0.25) is 9.69 Å². The van der Waals surface area contributed by atoms with Crippen LogP contribution in [-0.2, 0) is 11.3 Å². The molecule has 0 spiro atoms. The summed E-state index contributed by atoms with van der Waals surface area (Å²) in [6.45, 7) is 0.396. The van der Waals surface area contributed by atoms with E-state index in [0.717, 1.165) is 16.5 Å². The van der Waals surface area contributed by atoms with Gasteiger partial charge in [0.15, 0.2) is 4.32 Å². The van der Waals surface area contributed by atoms with E-state index < -0.39 is 0 Å². The number of aromatic nitrogens is 1. The highest BCUT2D eigenvalue weighted by Crippen LogP contribution is 2.37. The van der Waals surface area contributed by atoms with Gasteiger partial charge in [-0.1, -0.05) is 72.0 Å². The van der Waals surface area contributed by atoms with Crippen molar-refractivity contribution in [2.24, 2.45) is 0 Å². The summed E-state index contributed by atoms with van der Waals surface area (Å²) >= 11 is 12.7. The lowest BCUT2D eigenvalue weighted by atomic mass is 10.1. The predicted octanol–water partition coefficient (Wildman–Crippen LogP) is 6.89. The molecular weight excluding hydrogens is 463 g/mol. The standard InChI is InChI=1S/C25H16ClFN2OS2/c26-18-9-11-19(12-10-18)29-24(30)23(32-25(29)31)13-17-15-28(22-8-4-2-6-20(17)22)14-16-5-1-3-7-21(16)27/h1-13,15H,14H2/b23-13-. The molecule has 0 N–H and O–H groups in total. The monoisotopic (exact) mass is 478 g/mol. The van der Waals surface area contributed by atoms with Crippen LogP contribution in [0.2, 0.25) is 5.02 Å². The Morgan fingerprint density at radius 1 is 1.00 bits per heavy atom. The number of carbonyl (C=O) groups is 1. The zero-order chi connectivity index (χ0) is 22.2. The van der Waals surface area contributed by atoms with Gasteiger partial charge in [-0.05, 0) is 42.5 Å². The molecule has 2 heterocycles. The zero-order valence-electron chi connectivity index (χ0n) is 16.7. The largest absolute Gasteiger partial charge is 0.342 e. The van der Waals surface area contributed by atoms with Gasteiger partial charge in [0.25, 0.3) is 5.91 Å². The van der Waals surface area contributed by atoms with Crippen molar-refractivity contribution in [2.45, 2.75) is 6.54 Å². The number of nitrogens with zero attached hydrogens (tertiary/aromatic N) is 2. The molecule has 0 bridgehead atoms. The van der Waals surface area contributed by atoms with Gasteiger partial charge in [0.2, 0.25) is 0 Å². The van der Waals surface area contributed by atoms with E-state index in [1.165, 1.54) is 22.7 Å². The van der Waals surface area contributed by atoms with Crippen molar-refractivity contribution in [1.29, 1.82) is 0 Å². The molecule has 0 unspecified atom stereocenters. The highest BCUT2D eigenvalue weighted by molar-refractivity contribution is 8.27. The molecule has 158 valence electrons. The second-order valence-electron chi connectivity index (χ2n) is 7.31. The molecule has 1 aliphatic heterocycles. The highest BCUT2D eigenvalue weighted by Gasteiger charge is 2.33. The molecular formula is C25H16ClFN2OS2. The van der Waals surface area contributed by atoms with E-state index in [4.69, 9.17) is 23.8 Å². The van der Waals surface area contributed by atoms with Crippen LogP contribution in [0, 0.1) is 5.82 Å². The molecule has 1 saturated heterocycles. The van der Waals surface area contributed by atoms with Gasteiger partial charge in [-0.15, -0.1) is 0 Å². The fraction of sp³-hybridized carbons (Fsp3) is 0.0400. The lowest BCUT2D eigenvalue weighted by Gasteiger charge is -2.14. The van der Waals surface area contributed by atoms with Crippen LogP contribution < -0.4 is 4.90 Å². The lowest BCUT2D eigenvalue weighted by molar-refractivity contribution is -0.113. The van der Waals surface area contributed by atoms with E-state index in [9.17, 15) is 9.18 Å². The Morgan fingerprint density at radius 3 is 2.50 bits per heavy atom. The van der Waals surface area contributed by atoms with Crippen LogP contribution in [0.5, 0.6) is 0 Å². The van der Waals surface area contributed by atoms with E-state index in [1.54, 1.807) is 36.4 Å². The fourth-order valence-electron chi connectivity index (χ4n) is 3.75. The van der Waals surface area contributed by atoms with Gasteiger partial charge in [0.05, 0.1) is 17.1 Å². The van der Waals surface area contributed by atoms with Gasteiger partial charge in [-0.2, -0.15) is 0 Å². The number of carbonyl (C=O) groups excluding carboxylic acids is 1. The summed E-state index contributed by atoms with van der Waals surface area (Å²) in [7, 11) is 0. The molecule has 4 aromatic rings. The second-order valence-corrected chi connectivity index (χ2v) is 9.43. The summed E-state index contributed by atoms with van der Waals surface area (Å²) in [6.07, 6.45) is 3.81. The quantitative estimate of drug-likeness (QED) is 0.236. The van der Waals surface area contributed by atoms with Gasteiger partial charge in [0.1, 0.15) is 5.82 Å². The number of rotatable bonds is 4. The van der Waals surface area contributed by atoms with Gasteiger partial charge < -0.3 is 4.57 Å². The number of para-hydroxylation sites is 1. The Labute approximate surface area is 199 Å². The van der Waals surface area contributed by atoms with Crippen LogP contribution in [0.25, 0.3) is 17.0 Å². The van der Waals surface area contributed by atoms with E-state index in [-0.39, 0.29) is 11.7 Å². The van der Waals surface area contributed by atoms with Crippen molar-refractivity contribution in [1.82, 2.24) is 4.57 Å². The van der Waals surface area contributed by atoms with Crippen LogP contribution in [0.15, 0.2) is 83.9 Å².